The number of amides is 3. The number of primary amides is 1. The van der Waals surface area contributed by atoms with Gasteiger partial charge in [-0.3, -0.25) is 4.79 Å². The van der Waals surface area contributed by atoms with Gasteiger partial charge in [0, 0.05) is 12.6 Å². The Morgan fingerprint density at radius 1 is 1.47 bits per heavy atom. The van der Waals surface area contributed by atoms with Gasteiger partial charge >= 0.3 is 6.03 Å². The number of urea groups is 1. The highest BCUT2D eigenvalue weighted by atomic mass is 35.5. The molecule has 7 heteroatoms. The molecule has 19 heavy (non-hydrogen) atoms. The molecule has 0 spiro atoms. The van der Waals surface area contributed by atoms with Crippen LogP contribution in [0.3, 0.4) is 0 Å². The molecule has 2 atom stereocenters. The van der Waals surface area contributed by atoms with E-state index in [0.717, 1.165) is 32.2 Å². The van der Waals surface area contributed by atoms with Crippen LogP contribution in [0.1, 0.15) is 39.0 Å². The normalized spacial score (nSPS) is 19.3. The zero-order valence-corrected chi connectivity index (χ0v) is 12.2. The molecule has 3 amide bonds. The van der Waals surface area contributed by atoms with Crippen molar-refractivity contribution in [3.8, 4) is 0 Å². The number of nitrogens with one attached hydrogen (secondary N) is 3. The molecule has 6 nitrogen and oxygen atoms in total. The quantitative estimate of drug-likeness (QED) is 0.550. The highest BCUT2D eigenvalue weighted by Gasteiger charge is 2.21. The average Bonchev–Trinajstić information content (AvgIpc) is 2.84. The summed E-state index contributed by atoms with van der Waals surface area (Å²) in [6.45, 7) is 3.67. The SMILES string of the molecule is CCCCC(NC(N)=O)C(=O)NCC1CCCN1.Cl. The molecule has 2 unspecified atom stereocenters. The topological polar surface area (TPSA) is 96.2 Å². The summed E-state index contributed by atoms with van der Waals surface area (Å²) in [6, 6.07) is -0.802. The number of hydrogen-bond donors (Lipinski definition) is 4. The van der Waals surface area contributed by atoms with Crippen LogP contribution in [-0.2, 0) is 4.79 Å². The largest absolute Gasteiger partial charge is 0.353 e. The van der Waals surface area contributed by atoms with Gasteiger partial charge < -0.3 is 21.7 Å². The third-order valence-electron chi connectivity index (χ3n) is 3.16. The van der Waals surface area contributed by atoms with E-state index in [9.17, 15) is 9.59 Å². The molecule has 1 rings (SSSR count). The molecule has 0 radical (unpaired) electrons. The maximum Gasteiger partial charge on any atom is 0.312 e. The van der Waals surface area contributed by atoms with Crippen molar-refractivity contribution >= 4 is 24.3 Å². The molecule has 1 saturated heterocycles. The van der Waals surface area contributed by atoms with Gasteiger partial charge in [0.2, 0.25) is 5.91 Å². The molecule has 0 bridgehead atoms. The number of unbranched alkanes of at least 4 members (excludes halogenated alkanes) is 1. The van der Waals surface area contributed by atoms with Crippen molar-refractivity contribution in [2.24, 2.45) is 5.73 Å². The Labute approximate surface area is 120 Å². The standard InChI is InChI=1S/C12H24N4O2.ClH/c1-2-3-6-10(16-12(13)18)11(17)15-8-9-5-4-7-14-9;/h9-10,14H,2-8H2,1H3,(H,15,17)(H3,13,16,18);1H. The molecule has 0 aromatic carbocycles. The van der Waals surface area contributed by atoms with E-state index < -0.39 is 12.1 Å². The van der Waals surface area contributed by atoms with E-state index in [0.29, 0.717) is 19.0 Å². The second-order valence-corrected chi connectivity index (χ2v) is 4.74. The Balaban J connectivity index is 0.00000324. The van der Waals surface area contributed by atoms with Crippen LogP contribution in [0.4, 0.5) is 4.79 Å². The molecule has 1 aliphatic heterocycles. The fraction of sp³-hybridized carbons (Fsp3) is 0.833. The zero-order valence-electron chi connectivity index (χ0n) is 11.4. The van der Waals surface area contributed by atoms with Crippen LogP contribution in [-0.4, -0.2) is 37.1 Å². The Morgan fingerprint density at radius 2 is 2.21 bits per heavy atom. The number of halogens is 1. The van der Waals surface area contributed by atoms with Crippen LogP contribution >= 0.6 is 12.4 Å². The van der Waals surface area contributed by atoms with E-state index >= 15 is 0 Å². The van der Waals surface area contributed by atoms with Gasteiger partial charge in [0.25, 0.3) is 0 Å². The summed E-state index contributed by atoms with van der Waals surface area (Å²) in [7, 11) is 0. The molecule has 0 aromatic heterocycles. The van der Waals surface area contributed by atoms with Crippen LogP contribution in [0.5, 0.6) is 0 Å². The summed E-state index contributed by atoms with van der Waals surface area (Å²) >= 11 is 0. The Morgan fingerprint density at radius 3 is 2.74 bits per heavy atom. The Kier molecular flexibility index (Phi) is 9.34. The predicted molar refractivity (Wildman–Crippen MR) is 77.3 cm³/mol. The van der Waals surface area contributed by atoms with Gasteiger partial charge in [-0.2, -0.15) is 0 Å². The first-order valence-electron chi connectivity index (χ1n) is 6.70. The van der Waals surface area contributed by atoms with E-state index in [-0.39, 0.29) is 18.3 Å². The number of carbonyl (C=O) groups excluding carboxylic acids is 2. The first kappa shape index (κ1) is 18.0. The number of carbonyl (C=O) groups is 2. The van der Waals surface area contributed by atoms with Crippen molar-refractivity contribution in [3.05, 3.63) is 0 Å². The summed E-state index contributed by atoms with van der Waals surface area (Å²) in [4.78, 5) is 22.8. The Bertz CT molecular complexity index is 283. The lowest BCUT2D eigenvalue weighted by Crippen LogP contribution is -2.50. The van der Waals surface area contributed by atoms with Crippen molar-refractivity contribution in [2.45, 2.75) is 51.1 Å². The second-order valence-electron chi connectivity index (χ2n) is 4.74. The highest BCUT2D eigenvalue weighted by molar-refractivity contribution is 5.86. The predicted octanol–water partition coefficient (Wildman–Crippen LogP) is 0.504. The number of rotatable bonds is 7. The fourth-order valence-electron chi connectivity index (χ4n) is 2.13. The second kappa shape index (κ2) is 9.86. The molecule has 0 aliphatic carbocycles. The molecule has 1 aliphatic rings. The lowest BCUT2D eigenvalue weighted by atomic mass is 10.1. The van der Waals surface area contributed by atoms with Crippen molar-refractivity contribution < 1.29 is 9.59 Å². The van der Waals surface area contributed by atoms with Crippen LogP contribution in [0.25, 0.3) is 0 Å². The van der Waals surface area contributed by atoms with Gasteiger partial charge in [0.05, 0.1) is 0 Å². The van der Waals surface area contributed by atoms with E-state index in [1.54, 1.807) is 0 Å². The smallest absolute Gasteiger partial charge is 0.312 e. The Hall–Kier alpha value is -1.01. The average molecular weight is 293 g/mol. The lowest BCUT2D eigenvalue weighted by molar-refractivity contribution is -0.123. The van der Waals surface area contributed by atoms with Crippen LogP contribution in [0.2, 0.25) is 0 Å². The maximum atomic E-state index is 11.9. The number of nitrogens with two attached hydrogens (primary N) is 1. The zero-order chi connectivity index (χ0) is 13.4. The first-order chi connectivity index (χ1) is 8.63. The van der Waals surface area contributed by atoms with Gasteiger partial charge in [0.15, 0.2) is 0 Å². The minimum absolute atomic E-state index is 0. The van der Waals surface area contributed by atoms with Gasteiger partial charge in [0.1, 0.15) is 6.04 Å². The molecule has 1 heterocycles. The molecule has 1 fully saturated rings. The summed E-state index contributed by atoms with van der Waals surface area (Å²) in [6.07, 6.45) is 4.74. The molecule has 112 valence electrons. The minimum Gasteiger partial charge on any atom is -0.353 e. The van der Waals surface area contributed by atoms with Crippen LogP contribution < -0.4 is 21.7 Å². The summed E-state index contributed by atoms with van der Waals surface area (Å²) in [5, 5.41) is 8.67. The molecular weight excluding hydrogens is 268 g/mol. The van der Waals surface area contributed by atoms with Crippen molar-refractivity contribution in [1.82, 2.24) is 16.0 Å². The summed E-state index contributed by atoms with van der Waals surface area (Å²) < 4.78 is 0. The van der Waals surface area contributed by atoms with Crippen molar-refractivity contribution in [1.29, 1.82) is 0 Å². The first-order valence-corrected chi connectivity index (χ1v) is 6.70. The lowest BCUT2D eigenvalue weighted by Gasteiger charge is -2.18. The third-order valence-corrected chi connectivity index (χ3v) is 3.16. The molecule has 5 N–H and O–H groups in total. The molecule has 0 aromatic rings. The summed E-state index contributed by atoms with van der Waals surface area (Å²) in [5.41, 5.74) is 5.08. The van der Waals surface area contributed by atoms with E-state index in [4.69, 9.17) is 5.73 Å². The third kappa shape index (κ3) is 7.22. The maximum absolute atomic E-state index is 11.9. The molecular formula is C12H25ClN4O2. The summed E-state index contributed by atoms with van der Waals surface area (Å²) in [5.74, 6) is -0.143. The van der Waals surface area contributed by atoms with E-state index in [1.807, 2.05) is 6.92 Å². The monoisotopic (exact) mass is 292 g/mol. The van der Waals surface area contributed by atoms with Crippen LogP contribution in [0, 0.1) is 0 Å². The van der Waals surface area contributed by atoms with Crippen LogP contribution in [0.15, 0.2) is 0 Å². The molecule has 0 saturated carbocycles. The minimum atomic E-state index is -0.648. The van der Waals surface area contributed by atoms with Gasteiger partial charge in [-0.05, 0) is 25.8 Å². The highest BCUT2D eigenvalue weighted by Crippen LogP contribution is 2.04. The van der Waals surface area contributed by atoms with Gasteiger partial charge in [-0.15, -0.1) is 12.4 Å². The van der Waals surface area contributed by atoms with Gasteiger partial charge in [-0.25, -0.2) is 4.79 Å². The fourth-order valence-corrected chi connectivity index (χ4v) is 2.13. The van der Waals surface area contributed by atoms with E-state index in [1.165, 1.54) is 0 Å². The van der Waals surface area contributed by atoms with Gasteiger partial charge in [-0.1, -0.05) is 19.8 Å². The van der Waals surface area contributed by atoms with Crippen molar-refractivity contribution in [2.75, 3.05) is 13.1 Å². The number of hydrogen-bond acceptors (Lipinski definition) is 3. The van der Waals surface area contributed by atoms with Crippen molar-refractivity contribution in [3.63, 3.8) is 0 Å². The van der Waals surface area contributed by atoms with E-state index in [2.05, 4.69) is 16.0 Å².